The highest BCUT2D eigenvalue weighted by Crippen LogP contribution is 2.54. The minimum Gasteiger partial charge on any atom is -0.268 e. The zero-order valence-corrected chi connectivity index (χ0v) is 19.6. The van der Waals surface area contributed by atoms with Crippen LogP contribution in [0.15, 0.2) is 0 Å². The fraction of sp³-hybridized carbons (Fsp3) is 1.00. The monoisotopic (exact) mass is 364 g/mol. The van der Waals surface area contributed by atoms with Crippen molar-refractivity contribution in [3.05, 3.63) is 0 Å². The van der Waals surface area contributed by atoms with Crippen LogP contribution in [0.2, 0.25) is 0 Å². The lowest BCUT2D eigenvalue weighted by atomic mass is 9.58. The fourth-order valence-corrected chi connectivity index (χ4v) is 7.01. The van der Waals surface area contributed by atoms with Crippen LogP contribution < -0.4 is 5.84 Å². The van der Waals surface area contributed by atoms with Crippen LogP contribution in [0.1, 0.15) is 108 Å². The molecule has 2 nitrogen and oxygen atoms in total. The van der Waals surface area contributed by atoms with Gasteiger partial charge in [-0.3, -0.25) is 5.84 Å². The second-order valence-electron chi connectivity index (χ2n) is 12.9. The highest BCUT2D eigenvalue weighted by molar-refractivity contribution is 5.05. The van der Waals surface area contributed by atoms with E-state index in [0.29, 0.717) is 10.8 Å². The molecule has 2 saturated carbocycles. The van der Waals surface area contributed by atoms with Gasteiger partial charge in [0.05, 0.1) is 0 Å². The Balaban J connectivity index is 2.33. The van der Waals surface area contributed by atoms with Gasteiger partial charge in [-0.1, -0.05) is 55.4 Å². The summed E-state index contributed by atoms with van der Waals surface area (Å²) in [6.07, 6.45) is 7.58. The highest BCUT2D eigenvalue weighted by atomic mass is 15.5. The molecule has 0 spiro atoms. The molecule has 0 bridgehead atoms. The molecule has 2 aliphatic rings. The molecular weight excluding hydrogens is 316 g/mol. The molecule has 4 atom stereocenters. The lowest BCUT2D eigenvalue weighted by Crippen LogP contribution is -2.67. The van der Waals surface area contributed by atoms with Crippen LogP contribution in [0.3, 0.4) is 0 Å². The van der Waals surface area contributed by atoms with Crippen LogP contribution in [0.25, 0.3) is 0 Å². The molecule has 2 aliphatic carbocycles. The molecule has 0 aliphatic heterocycles. The molecule has 0 amide bonds. The second-order valence-corrected chi connectivity index (χ2v) is 12.9. The molecule has 0 saturated heterocycles. The standard InChI is InChI=1S/C24H48N2/c1-17(2)19-11-21(5,6)15-23(9,13-19)26(25)24(10)14-20(18(3)4)12-22(7,8)16-24/h17-20H,11-16,25H2,1-10H3/t19-,20?,23+,24?/m0/s1. The van der Waals surface area contributed by atoms with Gasteiger partial charge < -0.3 is 0 Å². The van der Waals surface area contributed by atoms with Crippen LogP contribution >= 0.6 is 0 Å². The third kappa shape index (κ3) is 4.66. The Kier molecular flexibility index (Phi) is 6.04. The van der Waals surface area contributed by atoms with E-state index in [1.807, 2.05) is 0 Å². The summed E-state index contributed by atoms with van der Waals surface area (Å²) >= 11 is 0. The normalized spacial score (nSPS) is 40.4. The van der Waals surface area contributed by atoms with Gasteiger partial charge in [-0.25, -0.2) is 5.01 Å². The Labute approximate surface area is 164 Å². The molecule has 0 aromatic rings. The molecular formula is C24H48N2. The van der Waals surface area contributed by atoms with Crippen LogP contribution in [-0.4, -0.2) is 16.1 Å². The van der Waals surface area contributed by atoms with Crippen LogP contribution in [-0.2, 0) is 0 Å². The van der Waals surface area contributed by atoms with Crippen molar-refractivity contribution in [2.75, 3.05) is 0 Å². The number of nitrogens with two attached hydrogens (primary N) is 1. The van der Waals surface area contributed by atoms with Gasteiger partial charge in [0, 0.05) is 11.1 Å². The van der Waals surface area contributed by atoms with E-state index in [2.05, 4.69) is 74.2 Å². The highest BCUT2D eigenvalue weighted by Gasteiger charge is 2.52. The van der Waals surface area contributed by atoms with Crippen molar-refractivity contribution in [2.24, 2.45) is 40.3 Å². The molecule has 2 rings (SSSR count). The van der Waals surface area contributed by atoms with Gasteiger partial charge in [0.2, 0.25) is 0 Å². The number of rotatable bonds is 4. The molecule has 0 radical (unpaired) electrons. The molecule has 2 fully saturated rings. The van der Waals surface area contributed by atoms with Crippen LogP contribution in [0.4, 0.5) is 0 Å². The predicted octanol–water partition coefficient (Wildman–Crippen LogP) is 6.64. The first kappa shape index (κ1) is 22.2. The maximum Gasteiger partial charge on any atom is 0.0337 e. The maximum atomic E-state index is 7.09. The van der Waals surface area contributed by atoms with E-state index in [-0.39, 0.29) is 11.1 Å². The summed E-state index contributed by atoms with van der Waals surface area (Å²) < 4.78 is 0. The van der Waals surface area contributed by atoms with Crippen LogP contribution in [0.5, 0.6) is 0 Å². The average Bonchev–Trinajstić information content (AvgIpc) is 2.42. The van der Waals surface area contributed by atoms with Gasteiger partial charge in [0.25, 0.3) is 0 Å². The lowest BCUT2D eigenvalue weighted by Gasteiger charge is -2.60. The van der Waals surface area contributed by atoms with Crippen molar-refractivity contribution in [1.82, 2.24) is 5.01 Å². The Morgan fingerprint density at radius 3 is 1.23 bits per heavy atom. The predicted molar refractivity (Wildman–Crippen MR) is 115 cm³/mol. The van der Waals surface area contributed by atoms with E-state index in [1.54, 1.807) is 0 Å². The maximum absolute atomic E-state index is 7.09. The van der Waals surface area contributed by atoms with Crippen molar-refractivity contribution in [1.29, 1.82) is 0 Å². The molecule has 26 heavy (non-hydrogen) atoms. The molecule has 2 unspecified atom stereocenters. The van der Waals surface area contributed by atoms with Crippen LogP contribution in [0, 0.1) is 34.5 Å². The summed E-state index contributed by atoms with van der Waals surface area (Å²) in [7, 11) is 0. The third-order valence-corrected chi connectivity index (χ3v) is 7.80. The van der Waals surface area contributed by atoms with Gasteiger partial charge >= 0.3 is 0 Å². The minimum atomic E-state index is 0.0976. The second kappa shape index (κ2) is 7.07. The van der Waals surface area contributed by atoms with E-state index in [0.717, 1.165) is 23.7 Å². The van der Waals surface area contributed by atoms with Gasteiger partial charge in [-0.15, -0.1) is 0 Å². The van der Waals surface area contributed by atoms with Crippen molar-refractivity contribution in [3.8, 4) is 0 Å². The Hall–Kier alpha value is -0.0800. The lowest BCUT2D eigenvalue weighted by molar-refractivity contribution is -0.114. The third-order valence-electron chi connectivity index (χ3n) is 7.80. The average molecular weight is 365 g/mol. The SMILES string of the molecule is CC(C)C1CC(C)(C)CC(C)(N(N)[C@]2(C)C[C@@H](C(C)C)CC(C)(C)C2)C1. The summed E-state index contributed by atoms with van der Waals surface area (Å²) in [6, 6.07) is 0. The molecule has 0 aromatic heterocycles. The fourth-order valence-electron chi connectivity index (χ4n) is 7.01. The zero-order valence-electron chi connectivity index (χ0n) is 19.6. The summed E-state index contributed by atoms with van der Waals surface area (Å²) in [5.41, 5.74) is 0.940. The van der Waals surface area contributed by atoms with E-state index < -0.39 is 0 Å². The van der Waals surface area contributed by atoms with Crippen molar-refractivity contribution in [3.63, 3.8) is 0 Å². The molecule has 0 aromatic carbocycles. The topological polar surface area (TPSA) is 29.3 Å². The van der Waals surface area contributed by atoms with E-state index in [9.17, 15) is 0 Å². The first-order valence-electron chi connectivity index (χ1n) is 11.1. The number of nitrogens with zero attached hydrogens (tertiary/aromatic N) is 1. The summed E-state index contributed by atoms with van der Waals surface area (Å²) in [6.45, 7) is 24.3. The van der Waals surface area contributed by atoms with Gasteiger partial charge in [0.1, 0.15) is 0 Å². The van der Waals surface area contributed by atoms with E-state index >= 15 is 0 Å². The van der Waals surface area contributed by atoms with E-state index in [4.69, 9.17) is 5.84 Å². The number of hydrogen-bond acceptors (Lipinski definition) is 2. The first-order valence-corrected chi connectivity index (χ1v) is 11.1. The summed E-state index contributed by atoms with van der Waals surface area (Å²) in [5.74, 6) is 10.1. The number of hydrazine groups is 1. The molecule has 154 valence electrons. The molecule has 2 heteroatoms. The molecule has 2 N–H and O–H groups in total. The minimum absolute atomic E-state index is 0.0976. The van der Waals surface area contributed by atoms with Crippen molar-refractivity contribution >= 4 is 0 Å². The molecule has 0 heterocycles. The van der Waals surface area contributed by atoms with E-state index in [1.165, 1.54) is 38.5 Å². The van der Waals surface area contributed by atoms with Gasteiger partial charge in [-0.05, 0) is 86.9 Å². The van der Waals surface area contributed by atoms with Crippen molar-refractivity contribution < 1.29 is 0 Å². The Morgan fingerprint density at radius 1 is 0.654 bits per heavy atom. The van der Waals surface area contributed by atoms with Gasteiger partial charge in [-0.2, -0.15) is 0 Å². The summed E-state index contributed by atoms with van der Waals surface area (Å²) in [5, 5.41) is 2.37. The largest absolute Gasteiger partial charge is 0.268 e. The van der Waals surface area contributed by atoms with Gasteiger partial charge in [0.15, 0.2) is 0 Å². The quantitative estimate of drug-likeness (QED) is 0.447. The number of hydrogen-bond donors (Lipinski definition) is 1. The smallest absolute Gasteiger partial charge is 0.0337 e. The Bertz CT molecular complexity index is 448. The first-order chi connectivity index (χ1) is 11.6. The Morgan fingerprint density at radius 2 is 0.962 bits per heavy atom. The van der Waals surface area contributed by atoms with Crippen molar-refractivity contribution in [2.45, 2.75) is 119 Å². The zero-order chi connectivity index (χ0) is 20.1. The summed E-state index contributed by atoms with van der Waals surface area (Å²) in [4.78, 5) is 0.